The minimum Gasteiger partial charge on any atom is -0.379 e. The Morgan fingerprint density at radius 3 is 3.00 bits per heavy atom. The van der Waals surface area contributed by atoms with Gasteiger partial charge in [0.05, 0.1) is 6.61 Å². The van der Waals surface area contributed by atoms with Gasteiger partial charge in [-0.2, -0.15) is 0 Å². The van der Waals surface area contributed by atoms with Crippen molar-refractivity contribution < 1.29 is 4.74 Å². The first-order valence-electron chi connectivity index (χ1n) is 5.52. The first-order valence-corrected chi connectivity index (χ1v) is 6.31. The maximum Gasteiger partial charge on any atom is 0.132 e. The van der Waals surface area contributed by atoms with Gasteiger partial charge in [-0.25, -0.2) is 9.97 Å². The highest BCUT2D eigenvalue weighted by Crippen LogP contribution is 2.28. The fraction of sp³-hybridized carbons (Fsp3) is 0.636. The number of halogens is 1. The Kier molecular flexibility index (Phi) is 4.12. The molecule has 0 N–H and O–H groups in total. The van der Waals surface area contributed by atoms with Gasteiger partial charge in [0.15, 0.2) is 0 Å². The Bertz CT molecular complexity index is 344. The Labute approximate surface area is 104 Å². The third-order valence-corrected chi connectivity index (χ3v) is 3.07. The second-order valence-electron chi connectivity index (χ2n) is 4.14. The summed E-state index contributed by atoms with van der Waals surface area (Å²) >= 11 is 3.33. The zero-order valence-corrected chi connectivity index (χ0v) is 11.0. The summed E-state index contributed by atoms with van der Waals surface area (Å²) in [5.41, 5.74) is 0. The van der Waals surface area contributed by atoms with Crippen LogP contribution in [0.25, 0.3) is 0 Å². The molecule has 1 aromatic heterocycles. The molecule has 0 amide bonds. The van der Waals surface area contributed by atoms with Crippen molar-refractivity contribution >= 4 is 21.7 Å². The number of hydrogen-bond donors (Lipinski definition) is 0. The van der Waals surface area contributed by atoms with Crippen LogP contribution in [0.4, 0.5) is 5.82 Å². The van der Waals surface area contributed by atoms with Crippen LogP contribution in [-0.2, 0) is 4.74 Å². The molecule has 0 bridgehead atoms. The van der Waals surface area contributed by atoms with Crippen molar-refractivity contribution in [3.8, 4) is 0 Å². The van der Waals surface area contributed by atoms with Crippen LogP contribution in [0, 0.1) is 5.92 Å². The van der Waals surface area contributed by atoms with Gasteiger partial charge in [0.25, 0.3) is 0 Å². The molecule has 0 aliphatic heterocycles. The molecule has 1 aliphatic rings. The highest BCUT2D eigenvalue weighted by atomic mass is 79.9. The van der Waals surface area contributed by atoms with Crippen LogP contribution < -0.4 is 4.90 Å². The van der Waals surface area contributed by atoms with Gasteiger partial charge in [-0.15, -0.1) is 0 Å². The first-order chi connectivity index (χ1) is 7.75. The average molecular weight is 286 g/mol. The largest absolute Gasteiger partial charge is 0.379 e. The number of aromatic nitrogens is 2. The summed E-state index contributed by atoms with van der Waals surface area (Å²) in [6.45, 7) is 2.53. The predicted octanol–water partition coefficient (Wildman–Crippen LogP) is 2.10. The van der Waals surface area contributed by atoms with Crippen molar-refractivity contribution in [2.75, 3.05) is 31.7 Å². The average Bonchev–Trinajstić information content (AvgIpc) is 3.08. The van der Waals surface area contributed by atoms with E-state index in [0.717, 1.165) is 36.1 Å². The summed E-state index contributed by atoms with van der Waals surface area (Å²) in [6, 6.07) is 1.90. The lowest BCUT2D eigenvalue weighted by Crippen LogP contribution is -2.23. The SMILES string of the molecule is CN(CCOCC1CC1)c1cc(Br)ncn1. The van der Waals surface area contributed by atoms with Gasteiger partial charge in [-0.05, 0) is 34.7 Å². The van der Waals surface area contributed by atoms with Crippen LogP contribution >= 0.6 is 15.9 Å². The van der Waals surface area contributed by atoms with Crippen molar-refractivity contribution in [2.24, 2.45) is 5.92 Å². The van der Waals surface area contributed by atoms with E-state index in [4.69, 9.17) is 4.74 Å². The van der Waals surface area contributed by atoms with Gasteiger partial charge in [-0.1, -0.05) is 0 Å². The molecule has 2 rings (SSSR count). The van der Waals surface area contributed by atoms with Gasteiger partial charge in [0.1, 0.15) is 16.7 Å². The van der Waals surface area contributed by atoms with Crippen LogP contribution in [0.1, 0.15) is 12.8 Å². The number of likely N-dealkylation sites (N-methyl/N-ethyl adjacent to an activating group) is 1. The number of hydrogen-bond acceptors (Lipinski definition) is 4. The summed E-state index contributed by atoms with van der Waals surface area (Å²) < 4.78 is 6.39. The molecule has 5 heteroatoms. The van der Waals surface area contributed by atoms with Crippen LogP contribution in [0.15, 0.2) is 17.0 Å². The topological polar surface area (TPSA) is 38.2 Å². The van der Waals surface area contributed by atoms with Crippen LogP contribution in [0.5, 0.6) is 0 Å². The summed E-state index contributed by atoms with van der Waals surface area (Å²) in [6.07, 6.45) is 4.24. The van der Waals surface area contributed by atoms with Crippen molar-refractivity contribution in [1.82, 2.24) is 9.97 Å². The molecule has 0 unspecified atom stereocenters. The third-order valence-electron chi connectivity index (χ3n) is 2.63. The van der Waals surface area contributed by atoms with E-state index in [-0.39, 0.29) is 0 Å². The predicted molar refractivity (Wildman–Crippen MR) is 66.5 cm³/mol. The third kappa shape index (κ3) is 3.72. The van der Waals surface area contributed by atoms with Crippen molar-refractivity contribution in [3.63, 3.8) is 0 Å². The maximum absolute atomic E-state index is 5.58. The van der Waals surface area contributed by atoms with E-state index in [1.807, 2.05) is 13.1 Å². The number of ether oxygens (including phenoxy) is 1. The van der Waals surface area contributed by atoms with Gasteiger partial charge in [-0.3, -0.25) is 0 Å². The van der Waals surface area contributed by atoms with Crippen LogP contribution in [0.2, 0.25) is 0 Å². The Morgan fingerprint density at radius 1 is 1.50 bits per heavy atom. The Hall–Kier alpha value is -0.680. The van der Waals surface area contributed by atoms with Gasteiger partial charge in [0.2, 0.25) is 0 Å². The highest BCUT2D eigenvalue weighted by Gasteiger charge is 2.20. The molecule has 1 fully saturated rings. The second kappa shape index (κ2) is 5.59. The Morgan fingerprint density at radius 2 is 2.31 bits per heavy atom. The lowest BCUT2D eigenvalue weighted by atomic mass is 10.4. The van der Waals surface area contributed by atoms with E-state index in [9.17, 15) is 0 Å². The lowest BCUT2D eigenvalue weighted by Gasteiger charge is -2.17. The molecule has 1 saturated carbocycles. The zero-order chi connectivity index (χ0) is 11.4. The van der Waals surface area contributed by atoms with E-state index in [1.54, 1.807) is 6.33 Å². The lowest BCUT2D eigenvalue weighted by molar-refractivity contribution is 0.131. The molecule has 1 heterocycles. The van der Waals surface area contributed by atoms with E-state index in [2.05, 4.69) is 30.8 Å². The zero-order valence-electron chi connectivity index (χ0n) is 9.40. The Balaban J connectivity index is 1.71. The van der Waals surface area contributed by atoms with Crippen molar-refractivity contribution in [2.45, 2.75) is 12.8 Å². The molecule has 1 aromatic rings. The molecule has 1 aliphatic carbocycles. The molecule has 16 heavy (non-hydrogen) atoms. The molecule has 88 valence electrons. The van der Waals surface area contributed by atoms with Crippen LogP contribution in [-0.4, -0.2) is 36.8 Å². The van der Waals surface area contributed by atoms with Crippen molar-refractivity contribution in [1.29, 1.82) is 0 Å². The summed E-state index contributed by atoms with van der Waals surface area (Å²) in [5.74, 6) is 1.75. The molecule has 0 atom stereocenters. The standard InChI is InChI=1S/C11H16BrN3O/c1-15(4-5-16-7-9-2-3-9)11-6-10(12)13-8-14-11/h6,8-9H,2-5,7H2,1H3. The fourth-order valence-corrected chi connectivity index (χ4v) is 1.68. The summed E-state index contributed by atoms with van der Waals surface area (Å²) in [4.78, 5) is 10.3. The minimum atomic E-state index is 0.759. The van der Waals surface area contributed by atoms with Crippen molar-refractivity contribution in [3.05, 3.63) is 17.0 Å². The van der Waals surface area contributed by atoms with Gasteiger partial charge >= 0.3 is 0 Å². The second-order valence-corrected chi connectivity index (χ2v) is 4.95. The monoisotopic (exact) mass is 285 g/mol. The molecular formula is C11H16BrN3O. The highest BCUT2D eigenvalue weighted by molar-refractivity contribution is 9.10. The number of nitrogens with zero attached hydrogens (tertiary/aromatic N) is 3. The summed E-state index contributed by atoms with van der Waals surface area (Å²) in [5, 5.41) is 0. The first kappa shape index (κ1) is 11.8. The van der Waals surface area contributed by atoms with Crippen LogP contribution in [0.3, 0.4) is 0 Å². The molecule has 0 aromatic carbocycles. The van der Waals surface area contributed by atoms with E-state index in [0.29, 0.717) is 0 Å². The smallest absolute Gasteiger partial charge is 0.132 e. The summed E-state index contributed by atoms with van der Waals surface area (Å²) in [7, 11) is 2.01. The molecule has 0 spiro atoms. The molecule has 0 radical (unpaired) electrons. The molecule has 4 nitrogen and oxygen atoms in total. The normalized spacial score (nSPS) is 15.1. The van der Waals surface area contributed by atoms with E-state index in [1.165, 1.54) is 12.8 Å². The fourth-order valence-electron chi connectivity index (χ4n) is 1.38. The van der Waals surface area contributed by atoms with E-state index < -0.39 is 0 Å². The van der Waals surface area contributed by atoms with E-state index >= 15 is 0 Å². The van der Waals surface area contributed by atoms with Gasteiger partial charge in [0, 0.05) is 26.3 Å². The minimum absolute atomic E-state index is 0.759. The maximum atomic E-state index is 5.58. The number of anilines is 1. The van der Waals surface area contributed by atoms with Gasteiger partial charge < -0.3 is 9.64 Å². The molecule has 0 saturated heterocycles. The molecular weight excluding hydrogens is 270 g/mol. The quantitative estimate of drug-likeness (QED) is 0.593. The number of rotatable bonds is 6.